The normalized spacial score (nSPS) is 16.8. The Morgan fingerprint density at radius 1 is 0.925 bits per heavy atom. The Morgan fingerprint density at radius 2 is 1.68 bits per heavy atom. The summed E-state index contributed by atoms with van der Waals surface area (Å²) in [6, 6.07) is 16.4. The van der Waals surface area contributed by atoms with Crippen LogP contribution in [-0.4, -0.2) is 31.9 Å². The van der Waals surface area contributed by atoms with E-state index in [4.69, 9.17) is 4.42 Å². The number of nitrogens with zero attached hydrogens (tertiary/aromatic N) is 2. The van der Waals surface area contributed by atoms with E-state index in [1.54, 1.807) is 54.9 Å². The van der Waals surface area contributed by atoms with E-state index in [-0.39, 0.29) is 23.1 Å². The number of nitrogens with one attached hydrogen (secondary N) is 1. The summed E-state index contributed by atoms with van der Waals surface area (Å²) in [4.78, 5) is 19.7. The maximum absolute atomic E-state index is 13.5. The van der Waals surface area contributed by atoms with Gasteiger partial charge in [0.15, 0.2) is 11.3 Å². The molecule has 0 spiro atoms. The second-order valence-electron chi connectivity index (χ2n) is 10.9. The Balaban J connectivity index is 1.14. The monoisotopic (exact) mass is 557 g/mol. The van der Waals surface area contributed by atoms with Crippen LogP contribution in [0.5, 0.6) is 0 Å². The molecule has 0 atom stereocenters. The molecule has 2 aliphatic rings. The van der Waals surface area contributed by atoms with Gasteiger partial charge in [-0.2, -0.15) is 0 Å². The van der Waals surface area contributed by atoms with Crippen molar-refractivity contribution in [3.63, 3.8) is 0 Å². The fourth-order valence-electron chi connectivity index (χ4n) is 6.08. The highest BCUT2D eigenvalue weighted by atomic mass is 32.2. The number of amides is 1. The van der Waals surface area contributed by atoms with E-state index in [9.17, 15) is 13.2 Å². The summed E-state index contributed by atoms with van der Waals surface area (Å²) in [5, 5.41) is 3.64. The van der Waals surface area contributed by atoms with Crippen LogP contribution in [-0.2, 0) is 22.8 Å². The van der Waals surface area contributed by atoms with Gasteiger partial charge in [-0.1, -0.05) is 44.2 Å². The Hall–Kier alpha value is -3.65. The molecule has 7 nitrogen and oxygen atoms in total. The van der Waals surface area contributed by atoms with E-state index >= 15 is 0 Å². The van der Waals surface area contributed by atoms with Gasteiger partial charge in [-0.25, -0.2) is 8.42 Å². The number of furan rings is 1. The number of benzene rings is 2. The molecule has 0 radical (unpaired) electrons. The Bertz CT molecular complexity index is 1570. The Morgan fingerprint density at radius 3 is 2.45 bits per heavy atom. The third kappa shape index (κ3) is 5.50. The molecule has 2 aromatic heterocycles. The summed E-state index contributed by atoms with van der Waals surface area (Å²) in [5.41, 5.74) is 3.69. The van der Waals surface area contributed by atoms with Crippen molar-refractivity contribution in [3.05, 3.63) is 83.9 Å². The van der Waals surface area contributed by atoms with Crippen LogP contribution < -0.4 is 10.2 Å². The maximum Gasteiger partial charge on any atom is 0.287 e. The van der Waals surface area contributed by atoms with Gasteiger partial charge in [-0.3, -0.25) is 9.78 Å². The SMILES string of the molecule is O=C(NCc1ccc(S(=O)(=O)c2ccc3c(c2)CCCN3C2CCCCCCC2)cc1)c1cc2ccncc2o1. The molecule has 1 fully saturated rings. The van der Waals surface area contributed by atoms with E-state index in [1.165, 1.54) is 50.6 Å². The number of pyridine rings is 1. The van der Waals surface area contributed by atoms with Gasteiger partial charge in [-0.05, 0) is 79.3 Å². The van der Waals surface area contributed by atoms with Crippen LogP contribution in [0.4, 0.5) is 5.69 Å². The second kappa shape index (κ2) is 11.5. The van der Waals surface area contributed by atoms with Gasteiger partial charge < -0.3 is 14.6 Å². The first-order valence-electron chi connectivity index (χ1n) is 14.3. The topological polar surface area (TPSA) is 92.5 Å². The summed E-state index contributed by atoms with van der Waals surface area (Å²) in [5.74, 6) is -0.127. The predicted octanol–water partition coefficient (Wildman–Crippen LogP) is 6.46. The number of aryl methyl sites for hydroxylation is 1. The summed E-state index contributed by atoms with van der Waals surface area (Å²) >= 11 is 0. The molecule has 0 bridgehead atoms. The predicted molar refractivity (Wildman–Crippen MR) is 155 cm³/mol. The molecule has 1 amide bonds. The van der Waals surface area contributed by atoms with Crippen molar-refractivity contribution in [2.75, 3.05) is 11.4 Å². The zero-order chi connectivity index (χ0) is 27.5. The number of carbonyl (C=O) groups is 1. The van der Waals surface area contributed by atoms with Gasteiger partial charge in [0.25, 0.3) is 5.91 Å². The minimum atomic E-state index is -3.66. The number of aromatic nitrogens is 1. The molecule has 208 valence electrons. The number of carbonyl (C=O) groups excluding carboxylic acids is 1. The van der Waals surface area contributed by atoms with Crippen molar-refractivity contribution in [1.82, 2.24) is 10.3 Å². The van der Waals surface area contributed by atoms with Crippen LogP contribution >= 0.6 is 0 Å². The summed E-state index contributed by atoms with van der Waals surface area (Å²) in [6.07, 6.45) is 14.2. The van der Waals surface area contributed by atoms with Crippen LogP contribution in [0, 0.1) is 0 Å². The van der Waals surface area contributed by atoms with E-state index in [2.05, 4.69) is 15.2 Å². The summed E-state index contributed by atoms with van der Waals surface area (Å²) in [6.45, 7) is 1.31. The molecule has 1 saturated carbocycles. The number of anilines is 1. The molecule has 1 aliphatic heterocycles. The minimum Gasteiger partial charge on any atom is -0.449 e. The molecule has 0 unspecified atom stereocenters. The van der Waals surface area contributed by atoms with E-state index < -0.39 is 9.84 Å². The van der Waals surface area contributed by atoms with Gasteiger partial charge in [0.05, 0.1) is 16.0 Å². The third-order valence-electron chi connectivity index (χ3n) is 8.26. The van der Waals surface area contributed by atoms with Crippen LogP contribution in [0.15, 0.2) is 81.2 Å². The standard InChI is InChI=1S/C32H35N3O4S/c36-32(30-20-25-16-17-33-22-31(25)39-30)34-21-23-10-12-27(13-11-23)40(37,38)28-14-15-29-24(19-28)7-6-18-35(29)26-8-4-2-1-3-5-9-26/h10-17,19-20,22,26H,1-9,18,21H2,(H,34,36). The largest absolute Gasteiger partial charge is 0.449 e. The fraction of sp³-hybridized carbons (Fsp3) is 0.375. The van der Waals surface area contributed by atoms with Crippen molar-refractivity contribution in [3.8, 4) is 0 Å². The Kier molecular flexibility index (Phi) is 7.61. The first kappa shape index (κ1) is 26.6. The number of sulfone groups is 1. The van der Waals surface area contributed by atoms with Gasteiger partial charge in [-0.15, -0.1) is 0 Å². The highest BCUT2D eigenvalue weighted by molar-refractivity contribution is 7.91. The highest BCUT2D eigenvalue weighted by Crippen LogP contribution is 2.35. The summed E-state index contributed by atoms with van der Waals surface area (Å²) in [7, 11) is -3.66. The van der Waals surface area contributed by atoms with Gasteiger partial charge >= 0.3 is 0 Å². The first-order valence-corrected chi connectivity index (χ1v) is 15.8. The third-order valence-corrected chi connectivity index (χ3v) is 10.0. The number of rotatable bonds is 6. The molecule has 2 aromatic carbocycles. The minimum absolute atomic E-state index is 0.211. The lowest BCUT2D eigenvalue weighted by Gasteiger charge is -2.39. The quantitative estimate of drug-likeness (QED) is 0.293. The van der Waals surface area contributed by atoms with Gasteiger partial charge in [0, 0.05) is 36.4 Å². The molecular formula is C32H35N3O4S. The van der Waals surface area contributed by atoms with Crippen molar-refractivity contribution < 1.29 is 17.6 Å². The number of hydrogen-bond donors (Lipinski definition) is 1. The van der Waals surface area contributed by atoms with E-state index in [0.29, 0.717) is 16.5 Å². The van der Waals surface area contributed by atoms with E-state index in [0.717, 1.165) is 35.9 Å². The smallest absolute Gasteiger partial charge is 0.287 e. The average Bonchev–Trinajstić information content (AvgIpc) is 3.40. The second-order valence-corrected chi connectivity index (χ2v) is 12.9. The van der Waals surface area contributed by atoms with Crippen molar-refractivity contribution in [1.29, 1.82) is 0 Å². The molecule has 1 N–H and O–H groups in total. The number of fused-ring (bicyclic) bond motifs is 2. The van der Waals surface area contributed by atoms with Crippen molar-refractivity contribution in [2.24, 2.45) is 0 Å². The highest BCUT2D eigenvalue weighted by Gasteiger charge is 2.27. The molecule has 6 rings (SSSR count). The Labute approximate surface area is 235 Å². The first-order chi connectivity index (χ1) is 19.5. The molecule has 4 aromatic rings. The fourth-order valence-corrected chi connectivity index (χ4v) is 7.39. The zero-order valence-corrected chi connectivity index (χ0v) is 23.5. The lowest BCUT2D eigenvalue weighted by Crippen LogP contribution is -2.39. The molecule has 3 heterocycles. The van der Waals surface area contributed by atoms with E-state index in [1.807, 2.05) is 12.1 Å². The summed E-state index contributed by atoms with van der Waals surface area (Å²) < 4.78 is 32.6. The number of hydrogen-bond acceptors (Lipinski definition) is 6. The molecule has 1 aliphatic carbocycles. The molecule has 8 heteroatoms. The molecular weight excluding hydrogens is 522 g/mol. The van der Waals surface area contributed by atoms with Crippen molar-refractivity contribution in [2.45, 2.75) is 80.2 Å². The zero-order valence-electron chi connectivity index (χ0n) is 22.6. The lowest BCUT2D eigenvalue weighted by atomic mass is 9.92. The van der Waals surface area contributed by atoms with Crippen LogP contribution in [0.1, 0.15) is 73.0 Å². The van der Waals surface area contributed by atoms with Crippen LogP contribution in [0.2, 0.25) is 0 Å². The lowest BCUT2D eigenvalue weighted by molar-refractivity contribution is 0.0925. The van der Waals surface area contributed by atoms with Crippen molar-refractivity contribution >= 4 is 32.4 Å². The van der Waals surface area contributed by atoms with Crippen LogP contribution in [0.25, 0.3) is 11.0 Å². The molecule has 40 heavy (non-hydrogen) atoms. The van der Waals surface area contributed by atoms with Gasteiger partial charge in [0.2, 0.25) is 9.84 Å². The average molecular weight is 558 g/mol. The maximum atomic E-state index is 13.5. The van der Waals surface area contributed by atoms with Crippen LogP contribution in [0.3, 0.4) is 0 Å². The van der Waals surface area contributed by atoms with Gasteiger partial charge in [0.1, 0.15) is 0 Å². The molecule has 0 saturated heterocycles.